The molecule has 0 aromatic carbocycles. The fraction of sp³-hybridized carbons (Fsp3) is 0.667. The monoisotopic (exact) mass is 249 g/mol. The highest BCUT2D eigenvalue weighted by atomic mass is 16.5. The van der Waals surface area contributed by atoms with Gasteiger partial charge in [-0.15, -0.1) is 0 Å². The molecule has 0 radical (unpaired) electrons. The molecule has 3 rings (SSSR count). The van der Waals surface area contributed by atoms with Crippen LogP contribution in [0, 0.1) is 0 Å². The molecule has 98 valence electrons. The maximum Gasteiger partial charge on any atom is 0.222 e. The van der Waals surface area contributed by atoms with Crippen molar-refractivity contribution >= 4 is 11.8 Å². The van der Waals surface area contributed by atoms with Crippen LogP contribution in [-0.2, 0) is 17.7 Å². The van der Waals surface area contributed by atoms with Crippen LogP contribution in [0.15, 0.2) is 0 Å². The van der Waals surface area contributed by atoms with E-state index in [1.54, 1.807) is 0 Å². The van der Waals surface area contributed by atoms with Crippen molar-refractivity contribution in [1.82, 2.24) is 15.3 Å². The van der Waals surface area contributed by atoms with E-state index in [1.165, 1.54) is 0 Å². The van der Waals surface area contributed by atoms with E-state index in [1.807, 2.05) is 0 Å². The molecule has 0 saturated carbocycles. The second-order valence-electron chi connectivity index (χ2n) is 4.80. The van der Waals surface area contributed by atoms with E-state index in [2.05, 4.69) is 20.6 Å². The number of hydrogen-bond donors (Lipinski definition) is 3. The largest absolute Gasteiger partial charge is 0.376 e. The summed E-state index contributed by atoms with van der Waals surface area (Å²) in [5.74, 6) is 1.21. The van der Waals surface area contributed by atoms with Crippen LogP contribution in [-0.4, -0.2) is 35.8 Å². The number of fused-ring (bicyclic) bond motifs is 1. The molecule has 6 nitrogen and oxygen atoms in total. The highest BCUT2D eigenvalue weighted by Gasteiger charge is 2.19. The maximum atomic E-state index is 5.75. The van der Waals surface area contributed by atoms with E-state index in [0.29, 0.717) is 12.1 Å². The fourth-order valence-electron chi connectivity index (χ4n) is 2.52. The summed E-state index contributed by atoms with van der Waals surface area (Å²) in [5.41, 5.74) is 7.97. The summed E-state index contributed by atoms with van der Waals surface area (Å²) in [4.78, 5) is 8.62. The SMILES string of the molecule is Nc1nc2c(c(NCC3CCCO3)n1)CNCC2. The molecule has 1 aromatic heterocycles. The predicted molar refractivity (Wildman–Crippen MR) is 69.3 cm³/mol. The Kier molecular flexibility index (Phi) is 3.29. The molecule has 1 unspecified atom stereocenters. The predicted octanol–water partition coefficient (Wildman–Crippen LogP) is 0.295. The minimum Gasteiger partial charge on any atom is -0.376 e. The molecule has 0 aliphatic carbocycles. The molecule has 1 fully saturated rings. The first-order chi connectivity index (χ1) is 8.83. The van der Waals surface area contributed by atoms with Crippen LogP contribution in [0.1, 0.15) is 24.1 Å². The smallest absolute Gasteiger partial charge is 0.222 e. The molecule has 0 spiro atoms. The van der Waals surface area contributed by atoms with Gasteiger partial charge in [0, 0.05) is 38.2 Å². The molecule has 3 heterocycles. The second kappa shape index (κ2) is 5.07. The highest BCUT2D eigenvalue weighted by Crippen LogP contribution is 2.21. The van der Waals surface area contributed by atoms with Crippen molar-refractivity contribution in [2.24, 2.45) is 0 Å². The third-order valence-corrected chi connectivity index (χ3v) is 3.47. The zero-order valence-electron chi connectivity index (χ0n) is 10.4. The van der Waals surface area contributed by atoms with Crippen LogP contribution in [0.3, 0.4) is 0 Å². The summed E-state index contributed by atoms with van der Waals surface area (Å²) < 4.78 is 5.60. The zero-order valence-corrected chi connectivity index (χ0v) is 10.4. The van der Waals surface area contributed by atoms with Crippen molar-refractivity contribution in [3.63, 3.8) is 0 Å². The van der Waals surface area contributed by atoms with E-state index in [-0.39, 0.29) is 0 Å². The first kappa shape index (κ1) is 11.7. The van der Waals surface area contributed by atoms with Gasteiger partial charge in [-0.25, -0.2) is 4.98 Å². The molecule has 2 aliphatic heterocycles. The lowest BCUT2D eigenvalue weighted by molar-refractivity contribution is 0.120. The quantitative estimate of drug-likeness (QED) is 0.714. The van der Waals surface area contributed by atoms with E-state index < -0.39 is 0 Å². The average Bonchev–Trinajstić information content (AvgIpc) is 2.89. The summed E-state index contributed by atoms with van der Waals surface area (Å²) in [7, 11) is 0. The average molecular weight is 249 g/mol. The maximum absolute atomic E-state index is 5.75. The van der Waals surface area contributed by atoms with Gasteiger partial charge in [-0.1, -0.05) is 0 Å². The zero-order chi connectivity index (χ0) is 12.4. The molecule has 0 bridgehead atoms. The van der Waals surface area contributed by atoms with Crippen LogP contribution in [0.2, 0.25) is 0 Å². The lowest BCUT2D eigenvalue weighted by Gasteiger charge is -2.20. The number of nitrogens with two attached hydrogens (primary N) is 1. The van der Waals surface area contributed by atoms with Gasteiger partial charge >= 0.3 is 0 Å². The van der Waals surface area contributed by atoms with Crippen molar-refractivity contribution in [3.05, 3.63) is 11.3 Å². The summed E-state index contributed by atoms with van der Waals surface area (Å²) in [6, 6.07) is 0. The summed E-state index contributed by atoms with van der Waals surface area (Å²) in [5, 5.41) is 6.70. The number of nitrogens with zero attached hydrogens (tertiary/aromatic N) is 2. The minimum absolute atomic E-state index is 0.299. The molecule has 18 heavy (non-hydrogen) atoms. The third kappa shape index (κ3) is 2.39. The van der Waals surface area contributed by atoms with Gasteiger partial charge in [-0.3, -0.25) is 0 Å². The lowest BCUT2D eigenvalue weighted by Crippen LogP contribution is -2.28. The number of aromatic nitrogens is 2. The molecular weight excluding hydrogens is 230 g/mol. The first-order valence-electron chi connectivity index (χ1n) is 6.54. The molecule has 6 heteroatoms. The van der Waals surface area contributed by atoms with Gasteiger partial charge < -0.3 is 21.1 Å². The normalized spacial score (nSPS) is 22.8. The first-order valence-corrected chi connectivity index (χ1v) is 6.54. The van der Waals surface area contributed by atoms with Gasteiger partial charge in [0.2, 0.25) is 5.95 Å². The lowest BCUT2D eigenvalue weighted by atomic mass is 10.1. The van der Waals surface area contributed by atoms with Crippen LogP contribution in [0.4, 0.5) is 11.8 Å². The number of hydrogen-bond acceptors (Lipinski definition) is 6. The Bertz CT molecular complexity index is 431. The van der Waals surface area contributed by atoms with Crippen molar-refractivity contribution < 1.29 is 4.74 Å². The van der Waals surface area contributed by atoms with Gasteiger partial charge in [0.05, 0.1) is 11.8 Å². The van der Waals surface area contributed by atoms with Crippen LogP contribution in [0.25, 0.3) is 0 Å². The van der Waals surface area contributed by atoms with Gasteiger partial charge in [-0.05, 0) is 12.8 Å². The van der Waals surface area contributed by atoms with E-state index in [4.69, 9.17) is 10.5 Å². The molecule has 1 atom stereocenters. The fourth-order valence-corrected chi connectivity index (χ4v) is 2.52. The van der Waals surface area contributed by atoms with Gasteiger partial charge in [-0.2, -0.15) is 4.98 Å². The molecule has 2 aliphatic rings. The number of nitrogens with one attached hydrogen (secondary N) is 2. The van der Waals surface area contributed by atoms with E-state index in [9.17, 15) is 0 Å². The molecule has 1 saturated heterocycles. The summed E-state index contributed by atoms with van der Waals surface area (Å²) in [6.07, 6.45) is 3.48. The number of ether oxygens (including phenoxy) is 1. The topological polar surface area (TPSA) is 85.1 Å². The van der Waals surface area contributed by atoms with Crippen molar-refractivity contribution in [2.45, 2.75) is 31.9 Å². The number of anilines is 2. The van der Waals surface area contributed by atoms with Crippen molar-refractivity contribution in [1.29, 1.82) is 0 Å². The Morgan fingerprint density at radius 3 is 3.22 bits per heavy atom. The van der Waals surface area contributed by atoms with E-state index in [0.717, 1.165) is 62.6 Å². The van der Waals surface area contributed by atoms with E-state index >= 15 is 0 Å². The second-order valence-corrected chi connectivity index (χ2v) is 4.80. The molecular formula is C12H19N5O. The van der Waals surface area contributed by atoms with Gasteiger partial charge in [0.25, 0.3) is 0 Å². The van der Waals surface area contributed by atoms with Crippen LogP contribution < -0.4 is 16.4 Å². The van der Waals surface area contributed by atoms with Crippen LogP contribution in [0.5, 0.6) is 0 Å². The van der Waals surface area contributed by atoms with Gasteiger partial charge in [0.15, 0.2) is 0 Å². The Hall–Kier alpha value is -1.40. The van der Waals surface area contributed by atoms with Crippen LogP contribution >= 0.6 is 0 Å². The number of rotatable bonds is 3. The molecule has 4 N–H and O–H groups in total. The Morgan fingerprint density at radius 2 is 2.39 bits per heavy atom. The van der Waals surface area contributed by atoms with Gasteiger partial charge in [0.1, 0.15) is 5.82 Å². The standard InChI is InChI=1S/C12H19N5O/c13-12-16-10-3-4-14-7-9(10)11(17-12)15-6-8-2-1-5-18-8/h8,14H,1-7H2,(H3,13,15,16,17). The number of nitrogen functional groups attached to an aromatic ring is 1. The molecule has 0 amide bonds. The minimum atomic E-state index is 0.299. The Morgan fingerprint density at radius 1 is 1.44 bits per heavy atom. The van der Waals surface area contributed by atoms with Crippen molar-refractivity contribution in [2.75, 3.05) is 30.7 Å². The molecule has 1 aromatic rings. The third-order valence-electron chi connectivity index (χ3n) is 3.47. The summed E-state index contributed by atoms with van der Waals surface area (Å²) in [6.45, 7) is 3.43. The highest BCUT2D eigenvalue weighted by molar-refractivity contribution is 5.50. The summed E-state index contributed by atoms with van der Waals surface area (Å²) >= 11 is 0. The Balaban J connectivity index is 1.75. The Labute approximate surface area is 106 Å². The van der Waals surface area contributed by atoms with Crippen molar-refractivity contribution in [3.8, 4) is 0 Å².